The molecule has 0 heterocycles. The maximum atomic E-state index is 10.8. The van der Waals surface area contributed by atoms with Crippen LogP contribution in [0.1, 0.15) is 46.5 Å². The average Bonchev–Trinajstić information content (AvgIpc) is 2.20. The van der Waals surface area contributed by atoms with E-state index in [4.69, 9.17) is 16.3 Å². The van der Waals surface area contributed by atoms with Gasteiger partial charge >= 0.3 is 5.97 Å². The van der Waals surface area contributed by atoms with Crippen molar-refractivity contribution in [3.05, 3.63) is 0 Å². The molecule has 0 atom stereocenters. The molecule has 0 spiro atoms. The highest BCUT2D eigenvalue weighted by molar-refractivity contribution is 6.63. The number of hydrogen-bond donors (Lipinski definition) is 0. The van der Waals surface area contributed by atoms with Gasteiger partial charge in [-0.25, -0.2) is 0 Å². The molecule has 1 aliphatic rings. The smallest absolute Gasteiger partial charge is 0.302 e. The third kappa shape index (κ3) is 5.78. The minimum absolute atomic E-state index is 0.00948. The molecule has 0 aromatic rings. The Morgan fingerprint density at radius 1 is 1.13 bits per heavy atom. The number of carbonyl (C=O) groups is 2. The molecule has 0 bridgehead atoms. The molecule has 1 saturated carbocycles. The molecule has 0 radical (unpaired) electrons. The van der Waals surface area contributed by atoms with Crippen LogP contribution in [0.5, 0.6) is 0 Å². The van der Waals surface area contributed by atoms with E-state index in [0.717, 1.165) is 25.7 Å². The largest absolute Gasteiger partial charge is 0.463 e. The van der Waals surface area contributed by atoms with E-state index in [1.54, 1.807) is 0 Å². The minimum atomic E-state index is -0.263. The first-order valence-electron chi connectivity index (χ1n) is 5.46. The molecule has 0 unspecified atom stereocenters. The lowest BCUT2D eigenvalue weighted by Crippen LogP contribution is -2.25. The van der Waals surface area contributed by atoms with Crippen LogP contribution < -0.4 is 0 Å². The molecule has 1 aliphatic carbocycles. The molecular weight excluding hydrogens is 216 g/mol. The lowest BCUT2D eigenvalue weighted by Gasteiger charge is -2.25. The average molecular weight is 235 g/mol. The lowest BCUT2D eigenvalue weighted by atomic mass is 9.88. The van der Waals surface area contributed by atoms with Gasteiger partial charge in [-0.05, 0) is 37.3 Å². The zero-order chi connectivity index (χ0) is 11.8. The Balaban J connectivity index is 0.000000921. The molecule has 0 amide bonds. The molecule has 0 aromatic heterocycles. The fourth-order valence-electron chi connectivity index (χ4n) is 1.64. The van der Waals surface area contributed by atoms with E-state index >= 15 is 0 Å². The molecule has 1 fully saturated rings. The minimum Gasteiger partial charge on any atom is -0.463 e. The molecule has 0 aromatic carbocycles. The summed E-state index contributed by atoms with van der Waals surface area (Å²) in [4.78, 5) is 21.4. The molecule has 88 valence electrons. The van der Waals surface area contributed by atoms with Crippen LogP contribution >= 0.6 is 11.6 Å². The molecule has 0 aliphatic heterocycles. The zero-order valence-electron chi connectivity index (χ0n) is 9.59. The normalized spacial score (nSPS) is 24.8. The van der Waals surface area contributed by atoms with Crippen LogP contribution in [0, 0.1) is 5.92 Å². The lowest BCUT2D eigenvalue weighted by molar-refractivity contribution is -0.148. The Morgan fingerprint density at radius 3 is 1.93 bits per heavy atom. The molecule has 4 heteroatoms. The van der Waals surface area contributed by atoms with Crippen molar-refractivity contribution in [2.45, 2.75) is 52.6 Å². The standard InChI is InChI=1S/C9H13ClO3.C2H6/c1-6(11)13-8-4-2-7(3-5-8)9(10)12;1-2/h7-8H,2-5H2,1H3;1-2H3. The maximum absolute atomic E-state index is 10.8. The third-order valence-electron chi connectivity index (χ3n) is 2.33. The summed E-state index contributed by atoms with van der Waals surface area (Å²) in [7, 11) is 0. The Kier molecular flexibility index (Phi) is 7.39. The number of rotatable bonds is 2. The van der Waals surface area contributed by atoms with Gasteiger partial charge in [0.05, 0.1) is 0 Å². The van der Waals surface area contributed by atoms with Crippen LogP contribution in [0.25, 0.3) is 0 Å². The third-order valence-corrected chi connectivity index (χ3v) is 2.64. The maximum Gasteiger partial charge on any atom is 0.302 e. The number of halogens is 1. The van der Waals surface area contributed by atoms with E-state index in [1.165, 1.54) is 6.92 Å². The molecular formula is C11H19ClO3. The van der Waals surface area contributed by atoms with Crippen molar-refractivity contribution in [3.63, 3.8) is 0 Å². The molecule has 15 heavy (non-hydrogen) atoms. The Morgan fingerprint density at radius 2 is 1.60 bits per heavy atom. The van der Waals surface area contributed by atoms with Crippen molar-refractivity contribution in [1.29, 1.82) is 0 Å². The first kappa shape index (κ1) is 14.4. The van der Waals surface area contributed by atoms with Crippen molar-refractivity contribution < 1.29 is 14.3 Å². The van der Waals surface area contributed by atoms with Gasteiger partial charge in [0.25, 0.3) is 0 Å². The SMILES string of the molecule is CC.CC(=O)OC1CCC(C(=O)Cl)CC1. The number of hydrogen-bond acceptors (Lipinski definition) is 3. The first-order chi connectivity index (χ1) is 7.09. The predicted molar refractivity (Wildman–Crippen MR) is 59.7 cm³/mol. The van der Waals surface area contributed by atoms with Gasteiger partial charge in [-0.3, -0.25) is 9.59 Å². The van der Waals surface area contributed by atoms with Gasteiger partial charge < -0.3 is 4.74 Å². The topological polar surface area (TPSA) is 43.4 Å². The van der Waals surface area contributed by atoms with Gasteiger partial charge in [-0.2, -0.15) is 0 Å². The van der Waals surface area contributed by atoms with Crippen LogP contribution in [0.4, 0.5) is 0 Å². The Hall–Kier alpha value is -0.570. The highest BCUT2D eigenvalue weighted by Crippen LogP contribution is 2.27. The molecule has 1 rings (SSSR count). The summed E-state index contributed by atoms with van der Waals surface area (Å²) in [5.41, 5.74) is 0. The van der Waals surface area contributed by atoms with Gasteiger partial charge in [0.2, 0.25) is 5.24 Å². The van der Waals surface area contributed by atoms with Gasteiger partial charge in [0.1, 0.15) is 6.10 Å². The fraction of sp³-hybridized carbons (Fsp3) is 0.818. The Bertz CT molecular complexity index is 208. The second-order valence-electron chi connectivity index (χ2n) is 3.39. The summed E-state index contributed by atoms with van der Waals surface area (Å²) in [6.07, 6.45) is 2.97. The fourth-order valence-corrected chi connectivity index (χ4v) is 1.86. The van der Waals surface area contributed by atoms with Crippen LogP contribution in [-0.2, 0) is 14.3 Å². The van der Waals surface area contributed by atoms with Crippen LogP contribution in [-0.4, -0.2) is 17.3 Å². The van der Waals surface area contributed by atoms with E-state index in [-0.39, 0.29) is 23.2 Å². The van der Waals surface area contributed by atoms with Crippen molar-refractivity contribution in [2.75, 3.05) is 0 Å². The quantitative estimate of drug-likeness (QED) is 0.545. The highest BCUT2D eigenvalue weighted by atomic mass is 35.5. The second-order valence-corrected chi connectivity index (χ2v) is 3.76. The van der Waals surface area contributed by atoms with Crippen molar-refractivity contribution >= 4 is 22.8 Å². The van der Waals surface area contributed by atoms with Crippen LogP contribution in [0.3, 0.4) is 0 Å². The summed E-state index contributed by atoms with van der Waals surface area (Å²) in [5.74, 6) is -0.283. The van der Waals surface area contributed by atoms with Crippen molar-refractivity contribution in [3.8, 4) is 0 Å². The number of esters is 1. The Labute approximate surface area is 96.1 Å². The summed E-state index contributed by atoms with van der Waals surface area (Å²) >= 11 is 5.36. The van der Waals surface area contributed by atoms with E-state index in [9.17, 15) is 9.59 Å². The summed E-state index contributed by atoms with van der Waals surface area (Å²) in [6, 6.07) is 0. The monoisotopic (exact) mass is 234 g/mol. The zero-order valence-corrected chi connectivity index (χ0v) is 10.3. The van der Waals surface area contributed by atoms with Crippen molar-refractivity contribution in [2.24, 2.45) is 5.92 Å². The van der Waals surface area contributed by atoms with E-state index in [2.05, 4.69) is 0 Å². The second kappa shape index (κ2) is 7.69. The van der Waals surface area contributed by atoms with Gasteiger partial charge in [-0.15, -0.1) is 0 Å². The molecule has 3 nitrogen and oxygen atoms in total. The van der Waals surface area contributed by atoms with E-state index in [1.807, 2.05) is 13.8 Å². The van der Waals surface area contributed by atoms with Gasteiger partial charge in [-0.1, -0.05) is 13.8 Å². The van der Waals surface area contributed by atoms with Gasteiger partial charge in [0, 0.05) is 12.8 Å². The van der Waals surface area contributed by atoms with Crippen LogP contribution in [0.2, 0.25) is 0 Å². The van der Waals surface area contributed by atoms with E-state index in [0.29, 0.717) is 0 Å². The molecule has 0 N–H and O–H groups in total. The van der Waals surface area contributed by atoms with Crippen LogP contribution in [0.15, 0.2) is 0 Å². The van der Waals surface area contributed by atoms with Gasteiger partial charge in [0.15, 0.2) is 0 Å². The summed E-state index contributed by atoms with van der Waals surface area (Å²) in [6.45, 7) is 5.40. The summed E-state index contributed by atoms with van der Waals surface area (Å²) in [5, 5.41) is -0.263. The number of carbonyl (C=O) groups excluding carboxylic acids is 2. The predicted octanol–water partition coefficient (Wildman–Crippen LogP) is 2.90. The first-order valence-corrected chi connectivity index (χ1v) is 5.84. The summed E-state index contributed by atoms with van der Waals surface area (Å²) < 4.78 is 5.03. The molecule has 0 saturated heterocycles. The number of ether oxygens (including phenoxy) is 1. The van der Waals surface area contributed by atoms with Crippen molar-refractivity contribution in [1.82, 2.24) is 0 Å². The van der Waals surface area contributed by atoms with E-state index < -0.39 is 0 Å². The highest BCUT2D eigenvalue weighted by Gasteiger charge is 2.26.